The van der Waals surface area contributed by atoms with Crippen molar-refractivity contribution in [1.82, 2.24) is 5.32 Å². The summed E-state index contributed by atoms with van der Waals surface area (Å²) in [6.45, 7) is 2.40. The Labute approximate surface area is 143 Å². The minimum atomic E-state index is -3.41. The highest BCUT2D eigenvalue weighted by Gasteiger charge is 2.17. The third-order valence-electron chi connectivity index (χ3n) is 3.57. The fraction of sp³-hybridized carbons (Fsp3) is 0.278. The number of rotatable bonds is 7. The van der Waals surface area contributed by atoms with E-state index in [4.69, 9.17) is 0 Å². The molecule has 1 amide bonds. The first-order valence-electron chi connectivity index (χ1n) is 7.71. The van der Waals surface area contributed by atoms with Crippen LogP contribution in [0, 0.1) is 6.92 Å². The van der Waals surface area contributed by atoms with Gasteiger partial charge in [0.05, 0.1) is 24.9 Å². The van der Waals surface area contributed by atoms with Gasteiger partial charge in [0.25, 0.3) is 0 Å². The molecule has 0 spiro atoms. The Hall–Kier alpha value is -2.34. The van der Waals surface area contributed by atoms with Gasteiger partial charge in [-0.25, -0.2) is 8.42 Å². The average molecular weight is 346 g/mol. The van der Waals surface area contributed by atoms with Crippen molar-refractivity contribution in [1.29, 1.82) is 0 Å². The van der Waals surface area contributed by atoms with E-state index in [9.17, 15) is 13.2 Å². The zero-order valence-corrected chi connectivity index (χ0v) is 14.7. The lowest BCUT2D eigenvalue weighted by Crippen LogP contribution is -2.38. The molecule has 2 aromatic carbocycles. The van der Waals surface area contributed by atoms with Gasteiger partial charge in [-0.05, 0) is 24.6 Å². The van der Waals surface area contributed by atoms with Gasteiger partial charge in [-0.1, -0.05) is 48.0 Å². The zero-order valence-electron chi connectivity index (χ0n) is 13.9. The molecule has 0 saturated heterocycles. The van der Waals surface area contributed by atoms with Crippen LogP contribution in [-0.2, 0) is 21.2 Å². The SMILES string of the molecule is Cc1ccc(N(CCNC(=O)Cc2ccccc2)S(C)(=O)=O)cc1. The third-order valence-corrected chi connectivity index (χ3v) is 4.76. The molecule has 0 heterocycles. The topological polar surface area (TPSA) is 66.5 Å². The molecule has 128 valence electrons. The number of carbonyl (C=O) groups excluding carboxylic acids is 1. The van der Waals surface area contributed by atoms with Crippen LogP contribution in [0.2, 0.25) is 0 Å². The predicted octanol–water partition coefficient (Wildman–Crippen LogP) is 2.12. The van der Waals surface area contributed by atoms with Gasteiger partial charge in [-0.15, -0.1) is 0 Å². The number of hydrogen-bond donors (Lipinski definition) is 1. The van der Waals surface area contributed by atoms with Crippen LogP contribution in [-0.4, -0.2) is 33.7 Å². The number of aryl methyl sites for hydroxylation is 1. The van der Waals surface area contributed by atoms with Gasteiger partial charge >= 0.3 is 0 Å². The molecule has 0 aliphatic rings. The second-order valence-electron chi connectivity index (χ2n) is 5.68. The number of sulfonamides is 1. The molecule has 2 rings (SSSR count). The van der Waals surface area contributed by atoms with E-state index in [1.807, 2.05) is 49.4 Å². The van der Waals surface area contributed by atoms with Crippen LogP contribution >= 0.6 is 0 Å². The van der Waals surface area contributed by atoms with E-state index < -0.39 is 10.0 Å². The van der Waals surface area contributed by atoms with Crippen LogP contribution in [0.4, 0.5) is 5.69 Å². The summed E-state index contributed by atoms with van der Waals surface area (Å²) in [4.78, 5) is 11.9. The summed E-state index contributed by atoms with van der Waals surface area (Å²) in [6, 6.07) is 16.7. The number of nitrogens with one attached hydrogen (secondary N) is 1. The molecule has 0 aromatic heterocycles. The smallest absolute Gasteiger partial charge is 0.232 e. The van der Waals surface area contributed by atoms with E-state index in [2.05, 4.69) is 5.32 Å². The first-order valence-corrected chi connectivity index (χ1v) is 9.56. The minimum Gasteiger partial charge on any atom is -0.354 e. The lowest BCUT2D eigenvalue weighted by Gasteiger charge is -2.22. The lowest BCUT2D eigenvalue weighted by atomic mass is 10.1. The quantitative estimate of drug-likeness (QED) is 0.835. The molecule has 0 aliphatic heterocycles. The Bertz CT molecular complexity index is 772. The molecule has 1 N–H and O–H groups in total. The molecule has 0 saturated carbocycles. The normalized spacial score (nSPS) is 11.1. The number of nitrogens with zero attached hydrogens (tertiary/aromatic N) is 1. The average Bonchev–Trinajstić information content (AvgIpc) is 2.52. The maximum absolute atomic E-state index is 12.0. The fourth-order valence-electron chi connectivity index (χ4n) is 2.34. The molecule has 6 heteroatoms. The number of carbonyl (C=O) groups is 1. The molecule has 2 aromatic rings. The second kappa shape index (κ2) is 7.97. The first kappa shape index (κ1) is 18.0. The summed E-state index contributed by atoms with van der Waals surface area (Å²) in [7, 11) is -3.41. The first-order chi connectivity index (χ1) is 11.4. The van der Waals surface area contributed by atoms with Crippen molar-refractivity contribution in [3.63, 3.8) is 0 Å². The van der Waals surface area contributed by atoms with Gasteiger partial charge < -0.3 is 5.32 Å². The van der Waals surface area contributed by atoms with E-state index in [0.717, 1.165) is 11.1 Å². The largest absolute Gasteiger partial charge is 0.354 e. The van der Waals surface area contributed by atoms with Gasteiger partial charge in [0.15, 0.2) is 0 Å². The van der Waals surface area contributed by atoms with Crippen LogP contribution in [0.3, 0.4) is 0 Å². The molecule has 0 atom stereocenters. The van der Waals surface area contributed by atoms with Gasteiger partial charge in [0, 0.05) is 6.54 Å². The molecule has 24 heavy (non-hydrogen) atoms. The van der Waals surface area contributed by atoms with Gasteiger partial charge in [-0.2, -0.15) is 0 Å². The number of benzene rings is 2. The van der Waals surface area contributed by atoms with Crippen LogP contribution in [0.1, 0.15) is 11.1 Å². The van der Waals surface area contributed by atoms with E-state index in [0.29, 0.717) is 5.69 Å². The van der Waals surface area contributed by atoms with Gasteiger partial charge in [0.2, 0.25) is 15.9 Å². The van der Waals surface area contributed by atoms with Gasteiger partial charge in [0.1, 0.15) is 0 Å². The van der Waals surface area contributed by atoms with Crippen LogP contribution in [0.15, 0.2) is 54.6 Å². The van der Waals surface area contributed by atoms with Crippen LogP contribution < -0.4 is 9.62 Å². The Morgan fingerprint density at radius 2 is 1.67 bits per heavy atom. The van der Waals surface area contributed by atoms with E-state index in [1.54, 1.807) is 12.1 Å². The summed E-state index contributed by atoms with van der Waals surface area (Å²) in [5.41, 5.74) is 2.58. The number of anilines is 1. The highest BCUT2D eigenvalue weighted by atomic mass is 32.2. The Kier molecular flexibility index (Phi) is 5.98. The maximum Gasteiger partial charge on any atom is 0.232 e. The minimum absolute atomic E-state index is 0.126. The number of amides is 1. The highest BCUT2D eigenvalue weighted by molar-refractivity contribution is 7.92. The van der Waals surface area contributed by atoms with E-state index >= 15 is 0 Å². The van der Waals surface area contributed by atoms with Crippen molar-refractivity contribution in [2.75, 3.05) is 23.7 Å². The highest BCUT2D eigenvalue weighted by Crippen LogP contribution is 2.17. The molecule has 0 fully saturated rings. The van der Waals surface area contributed by atoms with Crippen LogP contribution in [0.5, 0.6) is 0 Å². The van der Waals surface area contributed by atoms with Crippen molar-refractivity contribution in [3.05, 3.63) is 65.7 Å². The molecule has 5 nitrogen and oxygen atoms in total. The van der Waals surface area contributed by atoms with Crippen LogP contribution in [0.25, 0.3) is 0 Å². The summed E-state index contributed by atoms with van der Waals surface area (Å²) >= 11 is 0. The maximum atomic E-state index is 12.0. The standard InChI is InChI=1S/C18H22N2O3S/c1-15-8-10-17(11-9-15)20(24(2,22)23)13-12-19-18(21)14-16-6-4-3-5-7-16/h3-11H,12-14H2,1-2H3,(H,19,21). The molecule has 0 bridgehead atoms. The Balaban J connectivity index is 1.94. The van der Waals surface area contributed by atoms with Gasteiger partial charge in [-0.3, -0.25) is 9.10 Å². The fourth-order valence-corrected chi connectivity index (χ4v) is 3.27. The zero-order chi connectivity index (χ0) is 17.6. The molecule has 0 radical (unpaired) electrons. The lowest BCUT2D eigenvalue weighted by molar-refractivity contribution is -0.120. The van der Waals surface area contributed by atoms with Crippen molar-refractivity contribution < 1.29 is 13.2 Å². The summed E-state index contributed by atoms with van der Waals surface area (Å²) in [5, 5.41) is 2.77. The van der Waals surface area contributed by atoms with Crippen molar-refractivity contribution in [2.24, 2.45) is 0 Å². The Morgan fingerprint density at radius 1 is 1.04 bits per heavy atom. The number of hydrogen-bond acceptors (Lipinski definition) is 3. The third kappa shape index (κ3) is 5.38. The molecular weight excluding hydrogens is 324 g/mol. The van der Waals surface area contributed by atoms with Crippen molar-refractivity contribution >= 4 is 21.6 Å². The predicted molar refractivity (Wildman–Crippen MR) is 96.5 cm³/mol. The second-order valence-corrected chi connectivity index (χ2v) is 7.59. The van der Waals surface area contributed by atoms with Crippen molar-refractivity contribution in [3.8, 4) is 0 Å². The monoisotopic (exact) mass is 346 g/mol. The summed E-state index contributed by atoms with van der Waals surface area (Å²) in [6.07, 6.45) is 1.45. The summed E-state index contributed by atoms with van der Waals surface area (Å²) < 4.78 is 25.3. The Morgan fingerprint density at radius 3 is 2.25 bits per heavy atom. The van der Waals surface area contributed by atoms with Crippen molar-refractivity contribution in [2.45, 2.75) is 13.3 Å². The van der Waals surface area contributed by atoms with E-state index in [1.165, 1.54) is 10.6 Å². The molecular formula is C18H22N2O3S. The molecule has 0 unspecified atom stereocenters. The molecule has 0 aliphatic carbocycles. The van der Waals surface area contributed by atoms with E-state index in [-0.39, 0.29) is 25.4 Å². The summed E-state index contributed by atoms with van der Waals surface area (Å²) in [5.74, 6) is -0.126.